The summed E-state index contributed by atoms with van der Waals surface area (Å²) in [4.78, 5) is 23.1. The molecule has 2 rings (SSSR count). The van der Waals surface area contributed by atoms with Crippen LogP contribution < -0.4 is 10.1 Å². The van der Waals surface area contributed by atoms with Crippen molar-refractivity contribution in [1.29, 1.82) is 0 Å². The van der Waals surface area contributed by atoms with E-state index >= 15 is 0 Å². The molecule has 1 amide bonds. The number of nitrogens with one attached hydrogen (secondary N) is 1. The molecule has 10 heteroatoms. The van der Waals surface area contributed by atoms with E-state index in [1.807, 2.05) is 0 Å². The van der Waals surface area contributed by atoms with Crippen LogP contribution in [0.3, 0.4) is 0 Å². The molecule has 0 fully saturated rings. The first-order valence-electron chi connectivity index (χ1n) is 6.10. The van der Waals surface area contributed by atoms with Gasteiger partial charge in [0.1, 0.15) is 5.75 Å². The summed E-state index contributed by atoms with van der Waals surface area (Å²) in [7, 11) is 1.47. The monoisotopic (exact) mass is 345 g/mol. The zero-order valence-corrected chi connectivity index (χ0v) is 12.3. The van der Waals surface area contributed by atoms with Gasteiger partial charge in [-0.25, -0.2) is 4.79 Å². The molecule has 7 nitrogen and oxygen atoms in total. The lowest BCUT2D eigenvalue weighted by atomic mass is 10.2. The van der Waals surface area contributed by atoms with Gasteiger partial charge in [-0.05, 0) is 18.2 Å². The third-order valence-corrected chi connectivity index (χ3v) is 2.98. The SMILES string of the molecule is Cn1cc(C(=O)Nc2ccc(OC(F)F)c(Cl)c2)c(C(=O)O)n1. The number of carbonyl (C=O) groups excluding carboxylic acids is 1. The highest BCUT2D eigenvalue weighted by molar-refractivity contribution is 6.32. The Hall–Kier alpha value is -2.68. The van der Waals surface area contributed by atoms with E-state index in [1.54, 1.807) is 0 Å². The van der Waals surface area contributed by atoms with Crippen molar-refractivity contribution in [2.75, 3.05) is 5.32 Å². The van der Waals surface area contributed by atoms with Crippen LogP contribution >= 0.6 is 11.6 Å². The number of carbonyl (C=O) groups is 2. The largest absolute Gasteiger partial charge is 0.476 e. The third-order valence-electron chi connectivity index (χ3n) is 2.68. The molecule has 0 aliphatic heterocycles. The molecule has 0 aliphatic carbocycles. The summed E-state index contributed by atoms with van der Waals surface area (Å²) < 4.78 is 29.6. The van der Waals surface area contributed by atoms with Crippen molar-refractivity contribution in [2.24, 2.45) is 7.05 Å². The minimum Gasteiger partial charge on any atom is -0.476 e. The fraction of sp³-hybridized carbons (Fsp3) is 0.154. The van der Waals surface area contributed by atoms with Crippen molar-refractivity contribution >= 4 is 29.2 Å². The summed E-state index contributed by atoms with van der Waals surface area (Å²) >= 11 is 5.77. The molecule has 0 radical (unpaired) electrons. The van der Waals surface area contributed by atoms with E-state index in [1.165, 1.54) is 30.1 Å². The number of nitrogens with zero attached hydrogens (tertiary/aromatic N) is 2. The van der Waals surface area contributed by atoms with E-state index in [4.69, 9.17) is 16.7 Å². The minimum absolute atomic E-state index is 0.132. The smallest absolute Gasteiger partial charge is 0.387 e. The van der Waals surface area contributed by atoms with Crippen LogP contribution in [0.4, 0.5) is 14.5 Å². The van der Waals surface area contributed by atoms with Gasteiger partial charge in [0.15, 0.2) is 5.69 Å². The molecule has 23 heavy (non-hydrogen) atoms. The second kappa shape index (κ2) is 6.61. The fourth-order valence-electron chi connectivity index (χ4n) is 1.78. The highest BCUT2D eigenvalue weighted by atomic mass is 35.5. The topological polar surface area (TPSA) is 93.5 Å². The highest BCUT2D eigenvalue weighted by Gasteiger charge is 2.21. The number of rotatable bonds is 5. The van der Waals surface area contributed by atoms with Gasteiger partial charge in [-0.2, -0.15) is 13.9 Å². The van der Waals surface area contributed by atoms with Crippen LogP contribution in [-0.2, 0) is 7.05 Å². The molecule has 0 aliphatic rings. The number of aromatic nitrogens is 2. The van der Waals surface area contributed by atoms with Gasteiger partial charge >= 0.3 is 12.6 Å². The zero-order valence-electron chi connectivity index (χ0n) is 11.6. The minimum atomic E-state index is -3.03. The molecule has 0 unspecified atom stereocenters. The Bertz CT molecular complexity index is 764. The zero-order chi connectivity index (χ0) is 17.1. The first-order chi connectivity index (χ1) is 10.8. The van der Waals surface area contributed by atoms with Gasteiger partial charge < -0.3 is 15.2 Å². The van der Waals surface area contributed by atoms with Gasteiger partial charge in [0.2, 0.25) is 0 Å². The predicted molar refractivity (Wildman–Crippen MR) is 76.2 cm³/mol. The van der Waals surface area contributed by atoms with E-state index in [0.29, 0.717) is 0 Å². The predicted octanol–water partition coefficient (Wildman–Crippen LogP) is 2.63. The van der Waals surface area contributed by atoms with Crippen molar-refractivity contribution in [2.45, 2.75) is 6.61 Å². The van der Waals surface area contributed by atoms with Crippen LogP contribution in [0.2, 0.25) is 5.02 Å². The van der Waals surface area contributed by atoms with Crippen LogP contribution in [0.25, 0.3) is 0 Å². The summed E-state index contributed by atoms with van der Waals surface area (Å²) in [5.74, 6) is -2.32. The van der Waals surface area contributed by atoms with Gasteiger partial charge in [0.05, 0.1) is 10.6 Å². The molecule has 0 spiro atoms. The summed E-state index contributed by atoms with van der Waals surface area (Å²) in [5.41, 5.74) is -0.375. The average Bonchev–Trinajstić information content (AvgIpc) is 2.84. The number of halogens is 3. The first kappa shape index (κ1) is 16.7. The van der Waals surface area contributed by atoms with Gasteiger partial charge in [-0.15, -0.1) is 0 Å². The molecular weight excluding hydrogens is 336 g/mol. The summed E-state index contributed by atoms with van der Waals surface area (Å²) in [6.45, 7) is -3.03. The number of ether oxygens (including phenoxy) is 1. The van der Waals surface area contributed by atoms with E-state index in [2.05, 4.69) is 15.2 Å². The molecule has 1 heterocycles. The summed E-state index contributed by atoms with van der Waals surface area (Å²) in [6, 6.07) is 3.65. The molecular formula is C13H10ClF2N3O4. The Kier molecular flexibility index (Phi) is 4.80. The standard InChI is InChI=1S/C13H10ClF2N3O4/c1-19-5-7(10(18-19)12(21)22)11(20)17-6-2-3-9(8(14)4-6)23-13(15)16/h2-5,13H,1H3,(H,17,20)(H,21,22). The van der Waals surface area contributed by atoms with Gasteiger partial charge in [-0.3, -0.25) is 9.48 Å². The number of hydrogen-bond donors (Lipinski definition) is 2. The number of aromatic carboxylic acids is 1. The Balaban J connectivity index is 2.21. The number of aryl methyl sites for hydroxylation is 1. The number of benzene rings is 1. The molecule has 1 aromatic carbocycles. The maximum Gasteiger partial charge on any atom is 0.387 e. The third kappa shape index (κ3) is 3.95. The fourth-order valence-corrected chi connectivity index (χ4v) is 2.01. The normalized spacial score (nSPS) is 10.7. The molecule has 122 valence electrons. The number of carboxylic acids is 1. The lowest BCUT2D eigenvalue weighted by molar-refractivity contribution is -0.0497. The second-order valence-electron chi connectivity index (χ2n) is 4.35. The van der Waals surface area contributed by atoms with E-state index in [-0.39, 0.29) is 22.0 Å². The second-order valence-corrected chi connectivity index (χ2v) is 4.76. The van der Waals surface area contributed by atoms with Gasteiger partial charge in [0.25, 0.3) is 5.91 Å². The van der Waals surface area contributed by atoms with Gasteiger partial charge in [-0.1, -0.05) is 11.6 Å². The Morgan fingerprint density at radius 3 is 2.70 bits per heavy atom. The van der Waals surface area contributed by atoms with E-state index < -0.39 is 24.2 Å². The van der Waals surface area contributed by atoms with Crippen LogP contribution in [0.15, 0.2) is 24.4 Å². The molecule has 0 saturated carbocycles. The number of amides is 1. The van der Waals surface area contributed by atoms with E-state index in [0.717, 1.165) is 6.07 Å². The molecule has 0 bridgehead atoms. The molecule has 2 N–H and O–H groups in total. The Morgan fingerprint density at radius 2 is 2.13 bits per heavy atom. The molecule has 0 atom stereocenters. The average molecular weight is 346 g/mol. The summed E-state index contributed by atoms with van der Waals surface area (Å²) in [6.07, 6.45) is 1.24. The first-order valence-corrected chi connectivity index (χ1v) is 6.48. The lowest BCUT2D eigenvalue weighted by Crippen LogP contribution is -2.15. The van der Waals surface area contributed by atoms with Crippen molar-refractivity contribution in [3.63, 3.8) is 0 Å². The van der Waals surface area contributed by atoms with Crippen molar-refractivity contribution in [3.8, 4) is 5.75 Å². The number of alkyl halides is 2. The lowest BCUT2D eigenvalue weighted by Gasteiger charge is -2.09. The Morgan fingerprint density at radius 1 is 1.43 bits per heavy atom. The van der Waals surface area contributed by atoms with Crippen LogP contribution in [-0.4, -0.2) is 33.4 Å². The number of hydrogen-bond acceptors (Lipinski definition) is 4. The maximum absolute atomic E-state index is 12.1. The molecule has 1 aromatic heterocycles. The van der Waals surface area contributed by atoms with Crippen molar-refractivity contribution in [3.05, 3.63) is 40.7 Å². The number of carboxylic acid groups (broad SMARTS) is 1. The Labute approximate surface area is 133 Å². The quantitative estimate of drug-likeness (QED) is 0.868. The van der Waals surface area contributed by atoms with E-state index in [9.17, 15) is 18.4 Å². The molecule has 0 saturated heterocycles. The maximum atomic E-state index is 12.1. The highest BCUT2D eigenvalue weighted by Crippen LogP contribution is 2.29. The van der Waals surface area contributed by atoms with Crippen LogP contribution in [0.1, 0.15) is 20.8 Å². The van der Waals surface area contributed by atoms with Gasteiger partial charge in [0, 0.05) is 18.9 Å². The molecule has 2 aromatic rings. The van der Waals surface area contributed by atoms with Crippen molar-refractivity contribution < 1.29 is 28.2 Å². The number of anilines is 1. The van der Waals surface area contributed by atoms with Crippen LogP contribution in [0, 0.1) is 0 Å². The van der Waals surface area contributed by atoms with Crippen LogP contribution in [0.5, 0.6) is 5.75 Å². The van der Waals surface area contributed by atoms with Crippen molar-refractivity contribution in [1.82, 2.24) is 9.78 Å². The summed E-state index contributed by atoms with van der Waals surface area (Å²) in [5, 5.41) is 14.9.